The van der Waals surface area contributed by atoms with E-state index in [4.69, 9.17) is 16.3 Å². The number of benzene rings is 1. The molecule has 1 aromatic heterocycles. The summed E-state index contributed by atoms with van der Waals surface area (Å²) in [7, 11) is -2.13. The molecule has 0 aliphatic heterocycles. The van der Waals surface area contributed by atoms with Crippen molar-refractivity contribution >= 4 is 39.6 Å². The van der Waals surface area contributed by atoms with Crippen molar-refractivity contribution in [2.75, 3.05) is 19.5 Å². The van der Waals surface area contributed by atoms with Gasteiger partial charge in [0.25, 0.3) is 10.0 Å². The largest absolute Gasteiger partial charge is 0.467 e. The molecule has 2 rings (SSSR count). The molecule has 0 spiro atoms. The van der Waals surface area contributed by atoms with Crippen LogP contribution in [0.5, 0.6) is 6.01 Å². The van der Waals surface area contributed by atoms with Crippen LogP contribution in [0.15, 0.2) is 23.1 Å². The minimum atomic E-state index is -4.52. The number of carbonyl (C=O) groups excluding carboxylic acids is 2. The van der Waals surface area contributed by atoms with Crippen LogP contribution in [0.2, 0.25) is 5.02 Å². The molecule has 0 fully saturated rings. The van der Waals surface area contributed by atoms with Crippen LogP contribution in [-0.4, -0.2) is 49.6 Å². The molecular weight excluding hydrogens is 402 g/mol. The highest BCUT2D eigenvalue weighted by Crippen LogP contribution is 2.25. The van der Waals surface area contributed by atoms with Gasteiger partial charge in [-0.05, 0) is 19.1 Å². The summed E-state index contributed by atoms with van der Waals surface area (Å²) in [4.78, 5) is 34.7. The van der Waals surface area contributed by atoms with E-state index in [9.17, 15) is 18.0 Å². The van der Waals surface area contributed by atoms with E-state index in [2.05, 4.69) is 25.0 Å². The van der Waals surface area contributed by atoms with Crippen LogP contribution in [0.4, 0.5) is 10.7 Å². The van der Waals surface area contributed by atoms with Gasteiger partial charge >= 0.3 is 18.0 Å². The number of rotatable bonds is 5. The van der Waals surface area contributed by atoms with E-state index in [1.54, 1.807) is 4.72 Å². The van der Waals surface area contributed by atoms with Gasteiger partial charge in [0, 0.05) is 0 Å². The molecule has 2 N–H and O–H groups in total. The second-order valence-corrected chi connectivity index (χ2v) is 6.89. The second-order valence-electron chi connectivity index (χ2n) is 4.86. The first-order valence-corrected chi connectivity index (χ1v) is 9.01. The van der Waals surface area contributed by atoms with Crippen molar-refractivity contribution in [2.45, 2.75) is 11.8 Å². The summed E-state index contributed by atoms with van der Waals surface area (Å²) in [6.45, 7) is 1.52. The summed E-state index contributed by atoms with van der Waals surface area (Å²) in [5.74, 6) is -0.936. The average Bonchev–Trinajstić information content (AvgIpc) is 2.59. The molecule has 0 aliphatic rings. The van der Waals surface area contributed by atoms with Gasteiger partial charge in [-0.25, -0.2) is 22.7 Å². The Labute approximate surface area is 159 Å². The molecule has 2 amide bonds. The summed E-state index contributed by atoms with van der Waals surface area (Å²) < 4.78 is 36.2. The van der Waals surface area contributed by atoms with E-state index in [-0.39, 0.29) is 28.4 Å². The number of ether oxygens (including phenoxy) is 2. The summed E-state index contributed by atoms with van der Waals surface area (Å²) in [6.07, 6.45) is 0. The standard InChI is InChI=1S/C14H14ClN5O6S/c1-7-16-12(19-14(17-7)26-3)18-13(22)20-27(23,24)10-8(11(21)25-2)5-4-6-9(10)15/h4-6H,1-3H3,(H2,16,17,18,19,20,22). The Balaban J connectivity index is 2.31. The predicted octanol–water partition coefficient (Wildman–Crippen LogP) is 1.14. The quantitative estimate of drug-likeness (QED) is 0.685. The van der Waals surface area contributed by atoms with Gasteiger partial charge in [-0.2, -0.15) is 15.0 Å². The van der Waals surface area contributed by atoms with Crippen LogP contribution in [0.25, 0.3) is 0 Å². The van der Waals surface area contributed by atoms with Crippen molar-refractivity contribution in [2.24, 2.45) is 0 Å². The molecule has 27 heavy (non-hydrogen) atoms. The SMILES string of the molecule is COC(=O)c1cccc(Cl)c1S(=O)(=O)NC(=O)Nc1nc(C)nc(OC)n1. The molecule has 0 aliphatic carbocycles. The number of anilines is 1. The second kappa shape index (κ2) is 8.14. The Morgan fingerprint density at radius 1 is 1.15 bits per heavy atom. The normalized spacial score (nSPS) is 10.8. The molecule has 13 heteroatoms. The first kappa shape index (κ1) is 20.3. The van der Waals surface area contributed by atoms with Crippen molar-refractivity contribution in [3.63, 3.8) is 0 Å². The van der Waals surface area contributed by atoms with Crippen LogP contribution in [-0.2, 0) is 14.8 Å². The van der Waals surface area contributed by atoms with Crippen LogP contribution in [0, 0.1) is 6.92 Å². The number of aryl methyl sites for hydroxylation is 1. The van der Waals surface area contributed by atoms with E-state index < -0.39 is 26.9 Å². The summed E-state index contributed by atoms with van der Waals surface area (Å²) >= 11 is 5.91. The van der Waals surface area contributed by atoms with E-state index >= 15 is 0 Å². The van der Waals surface area contributed by atoms with Gasteiger partial charge in [0.15, 0.2) is 0 Å². The Hall–Kier alpha value is -2.99. The molecule has 2 aromatic rings. The van der Waals surface area contributed by atoms with Gasteiger partial charge in [0.2, 0.25) is 5.95 Å². The van der Waals surface area contributed by atoms with Gasteiger partial charge in [0.05, 0.1) is 24.8 Å². The third-order valence-corrected chi connectivity index (χ3v) is 4.86. The Kier molecular flexibility index (Phi) is 6.13. The average molecular weight is 416 g/mol. The number of methoxy groups -OCH3 is 2. The van der Waals surface area contributed by atoms with E-state index in [0.29, 0.717) is 0 Å². The zero-order valence-electron chi connectivity index (χ0n) is 14.3. The van der Waals surface area contributed by atoms with Gasteiger partial charge in [0.1, 0.15) is 10.7 Å². The fourth-order valence-electron chi connectivity index (χ4n) is 1.96. The number of sulfonamides is 1. The fourth-order valence-corrected chi connectivity index (χ4v) is 3.60. The van der Waals surface area contributed by atoms with E-state index in [1.165, 1.54) is 32.2 Å². The molecule has 0 unspecified atom stereocenters. The number of nitrogens with zero attached hydrogens (tertiary/aromatic N) is 3. The minimum Gasteiger partial charge on any atom is -0.467 e. The number of amides is 2. The number of carbonyl (C=O) groups is 2. The molecule has 0 radical (unpaired) electrons. The highest BCUT2D eigenvalue weighted by atomic mass is 35.5. The molecular formula is C14H14ClN5O6S. The van der Waals surface area contributed by atoms with Crippen molar-refractivity contribution < 1.29 is 27.5 Å². The minimum absolute atomic E-state index is 0.0697. The van der Waals surface area contributed by atoms with Gasteiger partial charge in [-0.15, -0.1) is 0 Å². The van der Waals surface area contributed by atoms with Gasteiger partial charge in [-0.3, -0.25) is 5.32 Å². The predicted molar refractivity (Wildman–Crippen MR) is 93.2 cm³/mol. The fraction of sp³-hybridized carbons (Fsp3) is 0.214. The zero-order valence-corrected chi connectivity index (χ0v) is 15.9. The maximum absolute atomic E-state index is 12.5. The molecule has 144 valence electrons. The number of urea groups is 1. The summed E-state index contributed by atoms with van der Waals surface area (Å²) in [6, 6.07) is 2.57. The van der Waals surface area contributed by atoms with E-state index in [1.807, 2.05) is 0 Å². The van der Waals surface area contributed by atoms with Crippen LogP contribution in [0.1, 0.15) is 16.2 Å². The monoisotopic (exact) mass is 415 g/mol. The number of aromatic nitrogens is 3. The van der Waals surface area contributed by atoms with Crippen molar-refractivity contribution in [3.05, 3.63) is 34.6 Å². The number of halogens is 1. The molecule has 0 atom stereocenters. The topological polar surface area (TPSA) is 149 Å². The van der Waals surface area contributed by atoms with E-state index in [0.717, 1.165) is 7.11 Å². The first-order chi connectivity index (χ1) is 12.7. The van der Waals surface area contributed by atoms with Crippen LogP contribution >= 0.6 is 11.6 Å². The highest BCUT2D eigenvalue weighted by Gasteiger charge is 2.28. The van der Waals surface area contributed by atoms with Crippen molar-refractivity contribution in [3.8, 4) is 6.01 Å². The molecule has 0 bridgehead atoms. The van der Waals surface area contributed by atoms with Crippen molar-refractivity contribution in [1.82, 2.24) is 19.7 Å². The maximum atomic E-state index is 12.5. The number of nitrogens with one attached hydrogen (secondary N) is 2. The third kappa shape index (κ3) is 4.80. The number of hydrogen-bond acceptors (Lipinski definition) is 9. The zero-order chi connectivity index (χ0) is 20.2. The van der Waals surface area contributed by atoms with Crippen LogP contribution < -0.4 is 14.8 Å². The summed E-state index contributed by atoms with van der Waals surface area (Å²) in [5.41, 5.74) is -0.331. The molecule has 1 heterocycles. The Morgan fingerprint density at radius 3 is 2.48 bits per heavy atom. The third-order valence-electron chi connectivity index (χ3n) is 3.00. The first-order valence-electron chi connectivity index (χ1n) is 7.15. The summed E-state index contributed by atoms with van der Waals surface area (Å²) in [5, 5.41) is 1.87. The molecule has 0 saturated carbocycles. The van der Waals surface area contributed by atoms with Gasteiger partial charge < -0.3 is 9.47 Å². The van der Waals surface area contributed by atoms with Crippen LogP contribution in [0.3, 0.4) is 0 Å². The Morgan fingerprint density at radius 2 is 1.85 bits per heavy atom. The molecule has 0 saturated heterocycles. The molecule has 11 nitrogen and oxygen atoms in total. The smallest absolute Gasteiger partial charge is 0.339 e. The number of hydrogen-bond donors (Lipinski definition) is 2. The number of esters is 1. The lowest BCUT2D eigenvalue weighted by Gasteiger charge is -2.12. The lowest BCUT2D eigenvalue weighted by molar-refractivity contribution is 0.0596. The Bertz CT molecular complexity index is 997. The lowest BCUT2D eigenvalue weighted by Crippen LogP contribution is -2.36. The highest BCUT2D eigenvalue weighted by molar-refractivity contribution is 7.90. The van der Waals surface area contributed by atoms with Gasteiger partial charge in [-0.1, -0.05) is 17.7 Å². The van der Waals surface area contributed by atoms with Crippen molar-refractivity contribution in [1.29, 1.82) is 0 Å². The molecule has 1 aromatic carbocycles. The lowest BCUT2D eigenvalue weighted by atomic mass is 10.2. The maximum Gasteiger partial charge on any atom is 0.339 e.